The molecule has 0 amide bonds. The van der Waals surface area contributed by atoms with Crippen molar-refractivity contribution in [1.29, 1.82) is 0 Å². The van der Waals surface area contributed by atoms with Crippen LogP contribution in [0.5, 0.6) is 0 Å². The number of nitrogens with zero attached hydrogens (tertiary/aromatic N) is 1. The van der Waals surface area contributed by atoms with E-state index in [9.17, 15) is 5.11 Å². The SMILES string of the molecule is O[C@H]1CNC(c2cccnc2)C1. The summed E-state index contributed by atoms with van der Waals surface area (Å²) in [5.41, 5.74) is 1.16. The molecule has 1 fully saturated rings. The van der Waals surface area contributed by atoms with Gasteiger partial charge in [0.2, 0.25) is 0 Å². The number of aliphatic hydroxyl groups excluding tert-OH is 1. The first kappa shape index (κ1) is 7.71. The third kappa shape index (κ3) is 1.47. The quantitative estimate of drug-likeness (QED) is 0.634. The predicted molar refractivity (Wildman–Crippen MR) is 45.6 cm³/mol. The summed E-state index contributed by atoms with van der Waals surface area (Å²) in [6.07, 6.45) is 4.20. The van der Waals surface area contributed by atoms with Gasteiger partial charge >= 0.3 is 0 Å². The minimum Gasteiger partial charge on any atom is -0.392 e. The molecular weight excluding hydrogens is 152 g/mol. The molecule has 0 saturated carbocycles. The summed E-state index contributed by atoms with van der Waals surface area (Å²) >= 11 is 0. The maximum Gasteiger partial charge on any atom is 0.0682 e. The monoisotopic (exact) mass is 164 g/mol. The van der Waals surface area contributed by atoms with E-state index in [1.807, 2.05) is 18.3 Å². The highest BCUT2D eigenvalue weighted by atomic mass is 16.3. The van der Waals surface area contributed by atoms with Crippen molar-refractivity contribution in [1.82, 2.24) is 10.3 Å². The van der Waals surface area contributed by atoms with Gasteiger partial charge in [-0.2, -0.15) is 0 Å². The fraction of sp³-hybridized carbons (Fsp3) is 0.444. The Balaban J connectivity index is 2.11. The summed E-state index contributed by atoms with van der Waals surface area (Å²) in [5, 5.41) is 12.5. The van der Waals surface area contributed by atoms with Crippen LogP contribution in [-0.4, -0.2) is 22.7 Å². The second-order valence-corrected chi connectivity index (χ2v) is 3.14. The molecule has 0 bridgehead atoms. The molecule has 2 N–H and O–H groups in total. The van der Waals surface area contributed by atoms with Crippen LogP contribution in [0.1, 0.15) is 18.0 Å². The summed E-state index contributed by atoms with van der Waals surface area (Å²) in [7, 11) is 0. The van der Waals surface area contributed by atoms with Crippen molar-refractivity contribution in [3.8, 4) is 0 Å². The molecule has 3 nitrogen and oxygen atoms in total. The van der Waals surface area contributed by atoms with Crippen molar-refractivity contribution in [2.24, 2.45) is 0 Å². The van der Waals surface area contributed by atoms with Crippen molar-refractivity contribution >= 4 is 0 Å². The number of hydrogen-bond donors (Lipinski definition) is 2. The van der Waals surface area contributed by atoms with Gasteiger partial charge in [-0.15, -0.1) is 0 Å². The van der Waals surface area contributed by atoms with E-state index in [-0.39, 0.29) is 12.1 Å². The first-order valence-corrected chi connectivity index (χ1v) is 4.17. The fourth-order valence-electron chi connectivity index (χ4n) is 1.55. The number of aromatic nitrogens is 1. The molecule has 12 heavy (non-hydrogen) atoms. The van der Waals surface area contributed by atoms with Crippen LogP contribution in [0.2, 0.25) is 0 Å². The lowest BCUT2D eigenvalue weighted by Crippen LogP contribution is -2.14. The molecule has 0 radical (unpaired) electrons. The third-order valence-corrected chi connectivity index (χ3v) is 2.19. The molecule has 1 unspecified atom stereocenters. The Bertz CT molecular complexity index is 250. The van der Waals surface area contributed by atoms with Crippen molar-refractivity contribution in [2.75, 3.05) is 6.54 Å². The number of pyridine rings is 1. The topological polar surface area (TPSA) is 45.1 Å². The van der Waals surface area contributed by atoms with Crippen LogP contribution in [0.25, 0.3) is 0 Å². The number of β-amino-alcohol motifs (C(OH)–C–C–N with tert-alkyl or cyclic N) is 1. The van der Waals surface area contributed by atoms with Gasteiger partial charge in [0.25, 0.3) is 0 Å². The molecule has 2 rings (SSSR count). The second-order valence-electron chi connectivity index (χ2n) is 3.14. The minimum absolute atomic E-state index is 0.199. The zero-order valence-corrected chi connectivity index (χ0v) is 6.77. The highest BCUT2D eigenvalue weighted by molar-refractivity contribution is 5.15. The Morgan fingerprint density at radius 2 is 2.50 bits per heavy atom. The first-order valence-electron chi connectivity index (χ1n) is 4.17. The van der Waals surface area contributed by atoms with Crippen molar-refractivity contribution in [2.45, 2.75) is 18.6 Å². The highest BCUT2D eigenvalue weighted by Gasteiger charge is 2.22. The van der Waals surface area contributed by atoms with Crippen LogP contribution >= 0.6 is 0 Å². The van der Waals surface area contributed by atoms with Crippen molar-refractivity contribution in [3.63, 3.8) is 0 Å². The smallest absolute Gasteiger partial charge is 0.0682 e. The number of nitrogens with one attached hydrogen (secondary N) is 1. The lowest BCUT2D eigenvalue weighted by molar-refractivity contribution is 0.193. The average Bonchev–Trinajstić information content (AvgIpc) is 2.54. The van der Waals surface area contributed by atoms with Gasteiger partial charge < -0.3 is 10.4 Å². The number of rotatable bonds is 1. The van der Waals surface area contributed by atoms with E-state index in [2.05, 4.69) is 10.3 Å². The molecule has 0 aliphatic carbocycles. The fourth-order valence-corrected chi connectivity index (χ4v) is 1.55. The summed E-state index contributed by atoms with van der Waals surface area (Å²) in [5.74, 6) is 0. The Labute approximate surface area is 71.4 Å². The normalized spacial score (nSPS) is 29.1. The van der Waals surface area contributed by atoms with E-state index in [0.29, 0.717) is 6.54 Å². The molecule has 1 aromatic heterocycles. The van der Waals surface area contributed by atoms with E-state index >= 15 is 0 Å². The molecule has 64 valence electrons. The van der Waals surface area contributed by atoms with E-state index in [1.165, 1.54) is 0 Å². The molecular formula is C9H12N2O. The van der Waals surface area contributed by atoms with Crippen molar-refractivity contribution in [3.05, 3.63) is 30.1 Å². The summed E-state index contributed by atoms with van der Waals surface area (Å²) in [6, 6.07) is 4.23. The minimum atomic E-state index is -0.199. The lowest BCUT2D eigenvalue weighted by Gasteiger charge is -2.08. The highest BCUT2D eigenvalue weighted by Crippen LogP contribution is 2.21. The molecule has 3 heteroatoms. The van der Waals surface area contributed by atoms with Gasteiger partial charge in [0.1, 0.15) is 0 Å². The van der Waals surface area contributed by atoms with Gasteiger partial charge in [0.05, 0.1) is 6.10 Å². The van der Waals surface area contributed by atoms with Gasteiger partial charge in [0.15, 0.2) is 0 Å². The van der Waals surface area contributed by atoms with Crippen LogP contribution in [0.3, 0.4) is 0 Å². The van der Waals surface area contributed by atoms with Crippen LogP contribution in [0.4, 0.5) is 0 Å². The molecule has 2 atom stereocenters. The standard InChI is InChI=1S/C9H12N2O/c12-8-4-9(11-6-8)7-2-1-3-10-5-7/h1-3,5,8-9,11-12H,4,6H2/t8-,9?/m1/s1. The zero-order chi connectivity index (χ0) is 8.39. The third-order valence-electron chi connectivity index (χ3n) is 2.19. The molecule has 0 aromatic carbocycles. The van der Waals surface area contributed by atoms with Crippen LogP contribution in [0.15, 0.2) is 24.5 Å². The maximum atomic E-state index is 9.28. The molecule has 0 spiro atoms. The number of hydrogen-bond acceptors (Lipinski definition) is 3. The molecule has 1 aliphatic rings. The molecule has 1 saturated heterocycles. The Hall–Kier alpha value is -0.930. The Kier molecular flexibility index (Phi) is 2.06. The van der Waals surface area contributed by atoms with E-state index in [1.54, 1.807) is 6.20 Å². The van der Waals surface area contributed by atoms with E-state index in [4.69, 9.17) is 0 Å². The van der Waals surface area contributed by atoms with Crippen LogP contribution in [-0.2, 0) is 0 Å². The van der Waals surface area contributed by atoms with E-state index < -0.39 is 0 Å². The van der Waals surface area contributed by atoms with Gasteiger partial charge in [-0.3, -0.25) is 4.98 Å². The van der Waals surface area contributed by atoms with Crippen LogP contribution < -0.4 is 5.32 Å². The van der Waals surface area contributed by atoms with Crippen LogP contribution in [0, 0.1) is 0 Å². The lowest BCUT2D eigenvalue weighted by atomic mass is 10.1. The summed E-state index contributed by atoms with van der Waals surface area (Å²) < 4.78 is 0. The van der Waals surface area contributed by atoms with Gasteiger partial charge in [-0.05, 0) is 18.1 Å². The summed E-state index contributed by atoms with van der Waals surface area (Å²) in [6.45, 7) is 0.694. The molecule has 1 aromatic rings. The maximum absolute atomic E-state index is 9.28. The zero-order valence-electron chi connectivity index (χ0n) is 6.77. The predicted octanol–water partition coefficient (Wildman–Crippen LogP) is 0.477. The summed E-state index contributed by atoms with van der Waals surface area (Å²) in [4.78, 5) is 4.03. The van der Waals surface area contributed by atoms with E-state index in [0.717, 1.165) is 12.0 Å². The largest absolute Gasteiger partial charge is 0.392 e. The Morgan fingerprint density at radius 1 is 1.58 bits per heavy atom. The molecule has 1 aliphatic heterocycles. The van der Waals surface area contributed by atoms with Gasteiger partial charge in [-0.25, -0.2) is 0 Å². The average molecular weight is 164 g/mol. The molecule has 2 heterocycles. The number of aliphatic hydroxyl groups is 1. The van der Waals surface area contributed by atoms with Crippen molar-refractivity contribution < 1.29 is 5.11 Å². The van der Waals surface area contributed by atoms with Gasteiger partial charge in [-0.1, -0.05) is 6.07 Å². The van der Waals surface area contributed by atoms with Gasteiger partial charge in [0, 0.05) is 25.0 Å². The second kappa shape index (κ2) is 3.21. The Morgan fingerprint density at radius 3 is 3.08 bits per heavy atom. The first-order chi connectivity index (χ1) is 5.86.